The summed E-state index contributed by atoms with van der Waals surface area (Å²) in [7, 11) is 0. The fourth-order valence-electron chi connectivity index (χ4n) is 7.29. The molecular weight excluding hydrogens is 592 g/mol. The SMILES string of the molecule is CC(C)(C)OC(=O)CN1CC(N2CCN(c3ccc(C(=O)NC4C(C)(C)C(Oc5ccc(C#N)c(Cl)c5)C4(C)C)cn3)CC2)C1. The molecule has 1 aromatic carbocycles. The summed E-state index contributed by atoms with van der Waals surface area (Å²) in [5.41, 5.74) is -0.227. The van der Waals surface area contributed by atoms with Gasteiger partial charge in [-0.2, -0.15) is 5.26 Å². The van der Waals surface area contributed by atoms with Crippen molar-refractivity contribution in [1.82, 2.24) is 20.1 Å². The number of nitriles is 1. The minimum absolute atomic E-state index is 0.129. The molecule has 1 aliphatic carbocycles. The number of hydrogen-bond donors (Lipinski definition) is 1. The summed E-state index contributed by atoms with van der Waals surface area (Å²) in [6, 6.07) is 11.2. The number of rotatable bonds is 8. The Balaban J connectivity index is 1.09. The predicted octanol–water partition coefficient (Wildman–Crippen LogP) is 4.37. The number of piperazine rings is 1. The Bertz CT molecular complexity index is 1430. The third-order valence-corrected chi connectivity index (χ3v) is 9.62. The number of carbonyl (C=O) groups is 2. The molecule has 5 rings (SSSR count). The average Bonchev–Trinajstić information content (AvgIpc) is 2.95. The molecule has 1 saturated carbocycles. The molecule has 45 heavy (non-hydrogen) atoms. The molecule has 0 unspecified atom stereocenters. The Hall–Kier alpha value is -3.39. The molecule has 1 N–H and O–H groups in total. The van der Waals surface area contributed by atoms with E-state index in [2.05, 4.69) is 58.8 Å². The molecule has 0 spiro atoms. The Morgan fingerprint density at radius 1 is 1.07 bits per heavy atom. The first kappa shape index (κ1) is 33.0. The second-order valence-corrected chi connectivity index (χ2v) is 15.1. The zero-order valence-corrected chi connectivity index (χ0v) is 28.1. The summed E-state index contributed by atoms with van der Waals surface area (Å²) in [5.74, 6) is 1.14. The maximum atomic E-state index is 13.3. The lowest BCUT2D eigenvalue weighted by molar-refractivity contribution is -0.164. The number of anilines is 1. The largest absolute Gasteiger partial charge is 0.489 e. The fraction of sp³-hybridized carbons (Fsp3) is 0.588. The van der Waals surface area contributed by atoms with Gasteiger partial charge in [0.2, 0.25) is 0 Å². The number of hydrogen-bond acceptors (Lipinski definition) is 9. The van der Waals surface area contributed by atoms with Gasteiger partial charge in [0.15, 0.2) is 0 Å². The smallest absolute Gasteiger partial charge is 0.320 e. The summed E-state index contributed by atoms with van der Waals surface area (Å²) in [6.45, 7) is 19.7. The van der Waals surface area contributed by atoms with Gasteiger partial charge in [-0.05, 0) is 45.0 Å². The van der Waals surface area contributed by atoms with Crippen molar-refractivity contribution in [3.63, 3.8) is 0 Å². The fourth-order valence-corrected chi connectivity index (χ4v) is 7.51. The molecule has 2 aromatic rings. The number of ether oxygens (including phenoxy) is 2. The lowest BCUT2D eigenvalue weighted by atomic mass is 9.49. The number of halogens is 1. The van der Waals surface area contributed by atoms with Crippen LogP contribution in [-0.2, 0) is 9.53 Å². The Morgan fingerprint density at radius 3 is 2.29 bits per heavy atom. The van der Waals surface area contributed by atoms with E-state index >= 15 is 0 Å². The number of nitrogens with one attached hydrogen (secondary N) is 1. The topological polar surface area (TPSA) is 111 Å². The van der Waals surface area contributed by atoms with E-state index in [1.54, 1.807) is 24.4 Å². The molecule has 2 saturated heterocycles. The molecule has 11 heteroatoms. The monoisotopic (exact) mass is 636 g/mol. The summed E-state index contributed by atoms with van der Waals surface area (Å²) in [5, 5.41) is 12.8. The van der Waals surface area contributed by atoms with E-state index < -0.39 is 5.60 Å². The molecule has 1 amide bonds. The molecule has 3 aliphatic rings. The van der Waals surface area contributed by atoms with E-state index in [1.165, 1.54) is 0 Å². The van der Waals surface area contributed by atoms with Crippen LogP contribution in [0, 0.1) is 22.2 Å². The Labute approximate surface area is 271 Å². The van der Waals surface area contributed by atoms with Gasteiger partial charge in [0.1, 0.15) is 29.3 Å². The summed E-state index contributed by atoms with van der Waals surface area (Å²) in [4.78, 5) is 36.9. The minimum atomic E-state index is -0.456. The van der Waals surface area contributed by atoms with Crippen LogP contribution in [0.4, 0.5) is 5.82 Å². The van der Waals surface area contributed by atoms with Crippen molar-refractivity contribution in [2.24, 2.45) is 10.8 Å². The van der Waals surface area contributed by atoms with Crippen molar-refractivity contribution >= 4 is 29.3 Å². The molecule has 3 heterocycles. The van der Waals surface area contributed by atoms with Gasteiger partial charge < -0.3 is 19.7 Å². The standard InChI is InChI=1S/C34H45ClN6O4/c1-32(2,3)45-28(42)21-39-19-24(20-39)40-12-14-41(15-13-40)27-11-9-23(18-37-27)29(43)38-30-33(4,5)31(34(30,6)7)44-25-10-8-22(17-36)26(35)16-25/h8-11,16,18,24,30-31H,12-15,19-21H2,1-7H3,(H,38,43). The predicted molar refractivity (Wildman–Crippen MR) is 173 cm³/mol. The molecule has 2 aliphatic heterocycles. The van der Waals surface area contributed by atoms with Gasteiger partial charge >= 0.3 is 5.97 Å². The number of likely N-dealkylation sites (tertiary alicyclic amines) is 1. The number of benzene rings is 1. The second-order valence-electron chi connectivity index (χ2n) is 14.7. The number of pyridine rings is 1. The zero-order chi connectivity index (χ0) is 32.7. The molecule has 0 bridgehead atoms. The van der Waals surface area contributed by atoms with Crippen LogP contribution in [0.2, 0.25) is 5.02 Å². The van der Waals surface area contributed by atoms with Crippen molar-refractivity contribution in [1.29, 1.82) is 5.26 Å². The van der Waals surface area contributed by atoms with Crippen molar-refractivity contribution < 1.29 is 19.1 Å². The van der Waals surface area contributed by atoms with Gasteiger partial charge in [0.05, 0.1) is 22.7 Å². The first-order valence-electron chi connectivity index (χ1n) is 15.6. The number of esters is 1. The van der Waals surface area contributed by atoms with Crippen molar-refractivity contribution in [3.05, 3.63) is 52.7 Å². The highest BCUT2D eigenvalue weighted by atomic mass is 35.5. The Kier molecular flexibility index (Phi) is 9.11. The number of carbonyl (C=O) groups excluding carboxylic acids is 2. The lowest BCUT2D eigenvalue weighted by Crippen LogP contribution is -2.74. The molecular formula is C34H45ClN6O4. The second kappa shape index (κ2) is 12.4. The van der Waals surface area contributed by atoms with Gasteiger partial charge in [-0.3, -0.25) is 19.4 Å². The van der Waals surface area contributed by atoms with Gasteiger partial charge in [-0.15, -0.1) is 0 Å². The highest BCUT2D eigenvalue weighted by Crippen LogP contribution is 2.55. The van der Waals surface area contributed by atoms with E-state index in [-0.39, 0.29) is 34.9 Å². The number of aromatic nitrogens is 1. The van der Waals surface area contributed by atoms with Crippen LogP contribution >= 0.6 is 11.6 Å². The van der Waals surface area contributed by atoms with Crippen molar-refractivity contribution in [3.8, 4) is 11.8 Å². The number of nitrogens with zero attached hydrogens (tertiary/aromatic N) is 5. The minimum Gasteiger partial charge on any atom is -0.489 e. The van der Waals surface area contributed by atoms with Crippen LogP contribution in [0.3, 0.4) is 0 Å². The zero-order valence-electron chi connectivity index (χ0n) is 27.4. The average molecular weight is 637 g/mol. The lowest BCUT2D eigenvalue weighted by Gasteiger charge is -2.63. The molecule has 1 aromatic heterocycles. The first-order valence-corrected chi connectivity index (χ1v) is 16.0. The summed E-state index contributed by atoms with van der Waals surface area (Å²) < 4.78 is 11.8. The van der Waals surface area contributed by atoms with Crippen molar-refractivity contribution in [2.75, 3.05) is 50.7 Å². The Morgan fingerprint density at radius 2 is 1.73 bits per heavy atom. The van der Waals surface area contributed by atoms with E-state index in [0.717, 1.165) is 45.1 Å². The number of amides is 1. The summed E-state index contributed by atoms with van der Waals surface area (Å²) >= 11 is 6.22. The van der Waals surface area contributed by atoms with Gasteiger partial charge in [0.25, 0.3) is 5.91 Å². The highest BCUT2D eigenvalue weighted by molar-refractivity contribution is 6.31. The molecule has 3 fully saturated rings. The van der Waals surface area contributed by atoms with Crippen LogP contribution in [0.5, 0.6) is 5.75 Å². The maximum absolute atomic E-state index is 13.3. The van der Waals surface area contributed by atoms with Gasteiger partial charge in [-0.1, -0.05) is 39.3 Å². The summed E-state index contributed by atoms with van der Waals surface area (Å²) in [6.07, 6.45) is 1.48. The molecule has 0 atom stereocenters. The maximum Gasteiger partial charge on any atom is 0.320 e. The van der Waals surface area contributed by atoms with Crippen LogP contribution in [-0.4, -0.2) is 96.3 Å². The normalized spacial score (nSPS) is 23.3. The van der Waals surface area contributed by atoms with Crippen LogP contribution in [0.25, 0.3) is 0 Å². The first-order chi connectivity index (χ1) is 21.1. The van der Waals surface area contributed by atoms with E-state index in [4.69, 9.17) is 26.3 Å². The van der Waals surface area contributed by atoms with Gasteiger partial charge in [-0.25, -0.2) is 4.98 Å². The van der Waals surface area contributed by atoms with Crippen LogP contribution < -0.4 is 15.0 Å². The van der Waals surface area contributed by atoms with Crippen molar-refractivity contribution in [2.45, 2.75) is 72.3 Å². The van der Waals surface area contributed by atoms with E-state index in [9.17, 15) is 9.59 Å². The third-order valence-electron chi connectivity index (χ3n) is 9.31. The van der Waals surface area contributed by atoms with Gasteiger partial charge in [0, 0.05) is 74.4 Å². The van der Waals surface area contributed by atoms with Crippen LogP contribution in [0.15, 0.2) is 36.5 Å². The van der Waals surface area contributed by atoms with E-state index in [0.29, 0.717) is 34.5 Å². The quantitative estimate of drug-likeness (QED) is 0.422. The highest BCUT2D eigenvalue weighted by Gasteiger charge is 2.64. The molecule has 0 radical (unpaired) electrons. The molecule has 242 valence electrons. The van der Waals surface area contributed by atoms with E-state index in [1.807, 2.05) is 32.9 Å². The third kappa shape index (κ3) is 7.06. The molecule has 10 nitrogen and oxygen atoms in total. The van der Waals surface area contributed by atoms with Crippen LogP contribution in [0.1, 0.15) is 64.4 Å².